The molecule has 0 aliphatic carbocycles. The van der Waals surface area contributed by atoms with E-state index in [1.807, 2.05) is 37.3 Å². The zero-order valence-electron chi connectivity index (χ0n) is 71.1. The van der Waals surface area contributed by atoms with Crippen LogP contribution in [0.5, 0.6) is 0 Å². The number of amides is 5. The molecule has 38 nitrogen and oxygen atoms in total. The second-order valence-electron chi connectivity index (χ2n) is 30.6. The first-order valence-electron chi connectivity index (χ1n) is 42.0. The van der Waals surface area contributed by atoms with Gasteiger partial charge < -0.3 is 138 Å². The van der Waals surface area contributed by atoms with Crippen LogP contribution < -0.4 is 25.6 Å². The van der Waals surface area contributed by atoms with E-state index in [0.717, 1.165) is 9.87 Å². The quantitative estimate of drug-likeness (QED) is 0.0309. The normalized spacial score (nSPS) is 24.3. The van der Waals surface area contributed by atoms with Gasteiger partial charge in [0, 0.05) is 106 Å². The van der Waals surface area contributed by atoms with Gasteiger partial charge in [0.25, 0.3) is 15.9 Å². The summed E-state index contributed by atoms with van der Waals surface area (Å²) in [5, 5.41) is 91.7. The van der Waals surface area contributed by atoms with Crippen molar-refractivity contribution in [2.45, 2.75) is 152 Å². The number of sulfonamides is 1. The lowest BCUT2D eigenvalue weighted by atomic mass is 9.85. The number of ketones is 1. The molecule has 0 aromatic heterocycles. The van der Waals surface area contributed by atoms with Gasteiger partial charge in [0.2, 0.25) is 23.6 Å². The van der Waals surface area contributed by atoms with E-state index < -0.39 is 180 Å². The van der Waals surface area contributed by atoms with Crippen molar-refractivity contribution >= 4 is 62.6 Å². The van der Waals surface area contributed by atoms with Gasteiger partial charge in [-0.2, -0.15) is 0 Å². The fourth-order valence-electron chi connectivity index (χ4n) is 13.9. The maximum absolute atomic E-state index is 15.3. The summed E-state index contributed by atoms with van der Waals surface area (Å²) in [6, 6.07) is 19.9. The van der Waals surface area contributed by atoms with Gasteiger partial charge in [0.05, 0.1) is 194 Å². The molecule has 4 aliphatic heterocycles. The summed E-state index contributed by atoms with van der Waals surface area (Å²) in [6.07, 6.45) is -12.3. The Balaban J connectivity index is 0.966. The van der Waals surface area contributed by atoms with E-state index in [4.69, 9.17) is 82.7 Å². The minimum Gasteiger partial charge on any atom is -0.394 e. The lowest BCUT2D eigenvalue weighted by Gasteiger charge is -2.41. The number of hydrogen-bond donors (Lipinski definition) is 12. The fourth-order valence-corrected chi connectivity index (χ4v) is 15.7. The summed E-state index contributed by atoms with van der Waals surface area (Å²) in [5.41, 5.74) is -0.256. The smallest absolute Gasteiger partial charge is 0.265 e. The molecule has 0 radical (unpaired) electrons. The number of aliphatic hydroxyl groups excluding tert-OH is 8. The summed E-state index contributed by atoms with van der Waals surface area (Å²) in [6.45, 7) is 9.56. The average Bonchev–Trinajstić information content (AvgIpc) is 0.766. The average molecular weight is 1790 g/mol. The number of Topliss-reactive ketones (excluding diaryl/α,β-unsaturated/α-hetero) is 1. The third-order valence-electron chi connectivity index (χ3n) is 21.3. The van der Waals surface area contributed by atoms with E-state index in [0.29, 0.717) is 44.7 Å². The van der Waals surface area contributed by atoms with Gasteiger partial charge in [-0.15, -0.1) is 0 Å². The lowest BCUT2D eigenvalue weighted by molar-refractivity contribution is -0.284. The Morgan fingerprint density at radius 1 is 0.496 bits per heavy atom. The van der Waals surface area contributed by atoms with Crippen LogP contribution in [0.25, 0.3) is 0 Å². The van der Waals surface area contributed by atoms with E-state index in [1.54, 1.807) is 44.7 Å². The second kappa shape index (κ2) is 56.2. The number of carbonyl (C=O) groups is 6. The van der Waals surface area contributed by atoms with Crippen LogP contribution in [0.1, 0.15) is 81.3 Å². The molecular formula is C83H130ClN7O31S. The van der Waals surface area contributed by atoms with Crippen LogP contribution in [0, 0.1) is 30.1 Å². The first-order chi connectivity index (χ1) is 59.2. The Labute approximate surface area is 724 Å². The molecule has 3 aromatic rings. The molecule has 3 aromatic carbocycles. The highest BCUT2D eigenvalue weighted by molar-refractivity contribution is 7.93. The molecule has 4 heterocycles. The van der Waals surface area contributed by atoms with Gasteiger partial charge in [0.15, 0.2) is 24.7 Å². The Kier molecular flexibility index (Phi) is 47.4. The van der Waals surface area contributed by atoms with Crippen LogP contribution in [0.2, 0.25) is 5.02 Å². The Morgan fingerprint density at radius 3 is 1.34 bits per heavy atom. The molecule has 0 spiro atoms. The number of ether oxygens (including phenoxy) is 15. The van der Waals surface area contributed by atoms with Crippen molar-refractivity contribution < 1.29 is 149 Å². The Morgan fingerprint density at radius 2 is 0.902 bits per heavy atom. The molecule has 123 heavy (non-hydrogen) atoms. The maximum Gasteiger partial charge on any atom is 0.265 e. The summed E-state index contributed by atoms with van der Waals surface area (Å²) < 4.78 is 118. The van der Waals surface area contributed by atoms with Crippen LogP contribution in [0.3, 0.4) is 0 Å². The van der Waals surface area contributed by atoms with Crippen molar-refractivity contribution in [3.63, 3.8) is 0 Å². The van der Waals surface area contributed by atoms with Crippen molar-refractivity contribution in [2.75, 3.05) is 215 Å². The zero-order valence-corrected chi connectivity index (χ0v) is 72.6. The van der Waals surface area contributed by atoms with Gasteiger partial charge in [-0.3, -0.25) is 38.0 Å². The molecule has 5 amide bonds. The number of aliphatic hydroxyl groups is 8. The highest BCUT2D eigenvalue weighted by atomic mass is 35.5. The molecule has 696 valence electrons. The number of benzene rings is 3. The third-order valence-corrected chi connectivity index (χ3v) is 23.5. The van der Waals surface area contributed by atoms with Crippen molar-refractivity contribution in [2.24, 2.45) is 23.2 Å². The van der Waals surface area contributed by atoms with Crippen LogP contribution in [0.15, 0.2) is 77.7 Å². The predicted octanol–water partition coefficient (Wildman–Crippen LogP) is -0.775. The number of nitrogens with one attached hydrogen (secondary N) is 4. The number of carbonyl (C=O) groups excluding carboxylic acids is 6. The SMILES string of the molecule is CC[C@H]1O[C@@H](OCCOCCOCCNC(=O)CCOCC(COCCC(=O)NCCOCCOCCOC2O[C@H](CO)[C@H](O)[C@H](O)[C@H]2C)(COCCC(=O)NCCOCCOCCO[C@@H]2O[C@H](CO)[C@H](O)[C@H](O)[C@H]2C)CC(=O)CNC(=O)c2ccccc2S(=O)(=O)N(CC(=O)N2CCN(Cc3ccccc3)CC2)c2cccc(Cl)c2C)[C@H](C)[C@@H](O)[C@H]1O. The van der Waals surface area contributed by atoms with E-state index in [1.165, 1.54) is 30.3 Å². The van der Waals surface area contributed by atoms with E-state index in [-0.39, 0.29) is 194 Å². The van der Waals surface area contributed by atoms with Gasteiger partial charge in [-0.25, -0.2) is 8.42 Å². The van der Waals surface area contributed by atoms with Crippen LogP contribution in [0.4, 0.5) is 5.69 Å². The number of hydrogen-bond acceptors (Lipinski definition) is 32. The highest BCUT2D eigenvalue weighted by Crippen LogP contribution is 2.35. The summed E-state index contributed by atoms with van der Waals surface area (Å²) in [7, 11) is -4.80. The minimum absolute atomic E-state index is 0.0870. The van der Waals surface area contributed by atoms with Crippen molar-refractivity contribution in [3.8, 4) is 0 Å². The minimum atomic E-state index is -4.80. The van der Waals surface area contributed by atoms with Gasteiger partial charge in [-0.1, -0.05) is 87.8 Å². The van der Waals surface area contributed by atoms with Crippen molar-refractivity contribution in [1.29, 1.82) is 0 Å². The van der Waals surface area contributed by atoms with Crippen molar-refractivity contribution in [1.82, 2.24) is 31.1 Å². The van der Waals surface area contributed by atoms with E-state index in [2.05, 4.69) is 26.2 Å². The lowest BCUT2D eigenvalue weighted by Crippen LogP contribution is -2.55. The molecule has 0 bridgehead atoms. The van der Waals surface area contributed by atoms with Gasteiger partial charge in [-0.05, 0) is 48.7 Å². The Hall–Kier alpha value is -6.24. The molecule has 40 heteroatoms. The maximum atomic E-state index is 15.3. The molecule has 16 atom stereocenters. The van der Waals surface area contributed by atoms with Gasteiger partial charge >= 0.3 is 0 Å². The van der Waals surface area contributed by atoms with Gasteiger partial charge in [0.1, 0.15) is 42.0 Å². The van der Waals surface area contributed by atoms with E-state index >= 15 is 8.42 Å². The topological polar surface area (TPSA) is 495 Å². The number of halogens is 1. The number of nitrogens with zero attached hydrogens (tertiary/aromatic N) is 3. The van der Waals surface area contributed by atoms with Crippen LogP contribution >= 0.6 is 11.6 Å². The predicted molar refractivity (Wildman–Crippen MR) is 442 cm³/mol. The molecule has 4 saturated heterocycles. The zero-order chi connectivity index (χ0) is 89.1. The monoisotopic (exact) mass is 1790 g/mol. The van der Waals surface area contributed by atoms with Crippen LogP contribution in [-0.4, -0.2) is 379 Å². The first-order valence-corrected chi connectivity index (χ1v) is 43.9. The number of piperazine rings is 1. The fraction of sp³-hybridized carbons (Fsp3) is 0.711. The third kappa shape index (κ3) is 34.7. The van der Waals surface area contributed by atoms with Crippen LogP contribution in [-0.2, 0) is 112 Å². The van der Waals surface area contributed by atoms with Crippen molar-refractivity contribution in [3.05, 3.63) is 94.5 Å². The largest absolute Gasteiger partial charge is 0.394 e. The molecule has 4 fully saturated rings. The Bertz CT molecular complexity index is 3510. The molecule has 12 N–H and O–H groups in total. The standard InChI is InChI=1S/C83H130ClN7O31S/c1-6-65-76(102)73(99)57(3)80(120-65)117-44-41-111-38-35-108-32-22-85-69(95)19-29-114-53-83(54-115-30-20-70(96)86-23-33-109-36-39-112-42-45-118-81-58(4)74(100)77(103)66(51-92)121-81,55-116-31-21-71(97)87-24-34-110-37-40-113-43-46-119-82-59(5)75(101)78(104)67(52-93)122-82)47-61(94)48-88-79(105)62-15-10-11-18-68(62)123(106,107)91(64-17-12-16-63(84)56(64)2)50-72(98)90-27-25-89(26-28-90)49-60-13-8-7-9-14-60/h7-18,57-59,65-67,73-78,80-82,92-93,99-104H,6,19-55H2,1-5H3,(H,85,95)(H,86,96)(H,87,97)(H,88,105)/t57-,58-,59-,65-,66-,67-,73-,74-,75-,76+,77+,78+,80-,81-,82?,83?/m1/s1. The summed E-state index contributed by atoms with van der Waals surface area (Å²) >= 11 is 6.61. The summed E-state index contributed by atoms with van der Waals surface area (Å²) in [5.74, 6) is -4.93. The second-order valence-corrected chi connectivity index (χ2v) is 32.8. The number of anilines is 1. The highest BCUT2D eigenvalue weighted by Gasteiger charge is 2.46. The number of rotatable bonds is 60. The summed E-state index contributed by atoms with van der Waals surface area (Å²) in [4.78, 5) is 86.5. The molecule has 0 saturated carbocycles. The molecule has 4 aliphatic rings. The van der Waals surface area contributed by atoms with E-state index in [9.17, 15) is 69.6 Å². The molecule has 7 rings (SSSR count). The molecular weight excluding hydrogens is 1660 g/mol. The molecule has 2 unspecified atom stereocenters. The first kappa shape index (κ1) is 104.